The first-order chi connectivity index (χ1) is 10.2. The van der Waals surface area contributed by atoms with Crippen molar-refractivity contribution in [2.45, 2.75) is 6.42 Å². The van der Waals surface area contributed by atoms with E-state index in [9.17, 15) is 15.0 Å². The molecule has 0 radical (unpaired) electrons. The Bertz CT molecular complexity index is 685. The molecule has 0 saturated carbocycles. The van der Waals surface area contributed by atoms with Gasteiger partial charge in [-0.1, -0.05) is 12.1 Å². The maximum atomic E-state index is 12.7. The average Bonchev–Trinajstić information content (AvgIpc) is 2.69. The lowest BCUT2D eigenvalue weighted by atomic mass is 10.1. The molecule has 1 aliphatic heterocycles. The van der Waals surface area contributed by atoms with Crippen LogP contribution in [0, 0.1) is 0 Å². The Morgan fingerprint density at radius 3 is 2.76 bits per heavy atom. The number of nitrogens with zero attached hydrogens (tertiary/aromatic N) is 1. The van der Waals surface area contributed by atoms with Crippen molar-refractivity contribution in [3.63, 3.8) is 0 Å². The number of aromatic hydroxyl groups is 2. The maximum absolute atomic E-state index is 12.7. The molecule has 0 saturated heterocycles. The van der Waals surface area contributed by atoms with Gasteiger partial charge in [0.15, 0.2) is 0 Å². The van der Waals surface area contributed by atoms with Crippen LogP contribution in [0.25, 0.3) is 0 Å². The molecule has 0 fully saturated rings. The normalized spacial score (nSPS) is 14.0. The number of carbonyl (C=O) groups excluding carboxylic acids is 1. The molecule has 1 amide bonds. The van der Waals surface area contributed by atoms with Crippen molar-refractivity contribution < 1.29 is 15.0 Å². The van der Waals surface area contributed by atoms with E-state index in [1.165, 1.54) is 18.2 Å². The Kier molecular flexibility index (Phi) is 3.39. The first kappa shape index (κ1) is 13.3. The van der Waals surface area contributed by atoms with Crippen LogP contribution in [0.2, 0.25) is 0 Å². The Hall–Kier alpha value is -2.69. The van der Waals surface area contributed by atoms with Crippen molar-refractivity contribution in [2.75, 3.05) is 23.3 Å². The lowest BCUT2D eigenvalue weighted by molar-refractivity contribution is 0.0984. The summed E-state index contributed by atoms with van der Waals surface area (Å²) in [7, 11) is 0. The molecule has 21 heavy (non-hydrogen) atoms. The number of nitrogens with one attached hydrogen (secondary N) is 1. The van der Waals surface area contributed by atoms with Crippen LogP contribution in [0.4, 0.5) is 11.4 Å². The van der Waals surface area contributed by atoms with Gasteiger partial charge in [-0.05, 0) is 30.7 Å². The number of para-hydroxylation sites is 2. The first-order valence-electron chi connectivity index (χ1n) is 6.83. The SMILES string of the molecule is O=C(c1ccc(O)cc1O)N1CCCNc2ccccc21. The van der Waals surface area contributed by atoms with E-state index < -0.39 is 0 Å². The summed E-state index contributed by atoms with van der Waals surface area (Å²) < 4.78 is 0. The molecular weight excluding hydrogens is 268 g/mol. The Balaban J connectivity index is 2.01. The highest BCUT2D eigenvalue weighted by Crippen LogP contribution is 2.31. The molecule has 5 nitrogen and oxygen atoms in total. The predicted octanol–water partition coefficient (Wildman–Crippen LogP) is 2.56. The van der Waals surface area contributed by atoms with Crippen LogP contribution in [0.3, 0.4) is 0 Å². The minimum atomic E-state index is -0.274. The number of benzene rings is 2. The van der Waals surface area contributed by atoms with Gasteiger partial charge in [-0.3, -0.25) is 4.79 Å². The van der Waals surface area contributed by atoms with Crippen LogP contribution in [-0.4, -0.2) is 29.2 Å². The number of rotatable bonds is 1. The molecular formula is C16H16N2O3. The van der Waals surface area contributed by atoms with Gasteiger partial charge in [-0.15, -0.1) is 0 Å². The Morgan fingerprint density at radius 1 is 1.14 bits per heavy atom. The number of hydrogen-bond donors (Lipinski definition) is 3. The van der Waals surface area contributed by atoms with E-state index in [4.69, 9.17) is 0 Å². The monoisotopic (exact) mass is 284 g/mol. The zero-order chi connectivity index (χ0) is 14.8. The molecule has 0 atom stereocenters. The van der Waals surface area contributed by atoms with Gasteiger partial charge in [0.1, 0.15) is 11.5 Å². The molecule has 2 aromatic rings. The molecule has 108 valence electrons. The van der Waals surface area contributed by atoms with Gasteiger partial charge >= 0.3 is 0 Å². The molecule has 3 N–H and O–H groups in total. The van der Waals surface area contributed by atoms with Crippen LogP contribution in [-0.2, 0) is 0 Å². The van der Waals surface area contributed by atoms with E-state index in [-0.39, 0.29) is 23.0 Å². The molecule has 0 bridgehead atoms. The Labute approximate surface area is 122 Å². The van der Waals surface area contributed by atoms with E-state index in [0.717, 1.165) is 24.3 Å². The maximum Gasteiger partial charge on any atom is 0.262 e. The third-order valence-corrected chi connectivity index (χ3v) is 3.53. The van der Waals surface area contributed by atoms with Crippen molar-refractivity contribution >= 4 is 17.3 Å². The van der Waals surface area contributed by atoms with Gasteiger partial charge in [-0.2, -0.15) is 0 Å². The van der Waals surface area contributed by atoms with Gasteiger partial charge in [0.05, 0.1) is 16.9 Å². The standard InChI is InChI=1S/C16H16N2O3/c19-11-6-7-12(15(20)10-11)16(21)18-9-3-8-17-13-4-1-2-5-14(13)18/h1-2,4-7,10,17,19-20H,3,8-9H2. The molecule has 2 aromatic carbocycles. The number of fused-ring (bicyclic) bond motifs is 1. The number of anilines is 2. The third kappa shape index (κ3) is 2.50. The highest BCUT2D eigenvalue weighted by atomic mass is 16.3. The van der Waals surface area contributed by atoms with Gasteiger partial charge < -0.3 is 20.4 Å². The molecule has 1 heterocycles. The summed E-state index contributed by atoms with van der Waals surface area (Å²) in [6.07, 6.45) is 0.819. The topological polar surface area (TPSA) is 72.8 Å². The van der Waals surface area contributed by atoms with Gasteiger partial charge in [0.2, 0.25) is 0 Å². The second kappa shape index (κ2) is 5.36. The van der Waals surface area contributed by atoms with Crippen molar-refractivity contribution in [3.05, 3.63) is 48.0 Å². The fraction of sp³-hybridized carbons (Fsp3) is 0.188. The van der Waals surface area contributed by atoms with Gasteiger partial charge in [-0.25, -0.2) is 0 Å². The number of phenols is 2. The highest BCUT2D eigenvalue weighted by molar-refractivity contribution is 6.09. The van der Waals surface area contributed by atoms with Crippen LogP contribution < -0.4 is 10.2 Å². The predicted molar refractivity (Wildman–Crippen MR) is 81.0 cm³/mol. The summed E-state index contributed by atoms with van der Waals surface area (Å²) in [6, 6.07) is 11.6. The Morgan fingerprint density at radius 2 is 1.95 bits per heavy atom. The molecule has 3 rings (SSSR count). The quantitative estimate of drug-likeness (QED) is 0.752. The smallest absolute Gasteiger partial charge is 0.262 e. The molecule has 0 unspecified atom stereocenters. The van der Waals surface area contributed by atoms with E-state index in [1.54, 1.807) is 4.90 Å². The van der Waals surface area contributed by atoms with Crippen molar-refractivity contribution in [3.8, 4) is 11.5 Å². The molecule has 1 aliphatic rings. The number of phenolic OH excluding ortho intramolecular Hbond substituents is 2. The van der Waals surface area contributed by atoms with E-state index in [1.807, 2.05) is 24.3 Å². The minimum Gasteiger partial charge on any atom is -0.508 e. The average molecular weight is 284 g/mol. The fourth-order valence-electron chi connectivity index (χ4n) is 2.50. The summed E-state index contributed by atoms with van der Waals surface area (Å²) in [5, 5.41) is 22.5. The van der Waals surface area contributed by atoms with Crippen molar-refractivity contribution in [2.24, 2.45) is 0 Å². The van der Waals surface area contributed by atoms with Gasteiger partial charge in [0, 0.05) is 19.2 Å². The number of hydrogen-bond acceptors (Lipinski definition) is 4. The zero-order valence-electron chi connectivity index (χ0n) is 11.4. The van der Waals surface area contributed by atoms with Crippen LogP contribution >= 0.6 is 0 Å². The summed E-state index contributed by atoms with van der Waals surface area (Å²) >= 11 is 0. The van der Waals surface area contributed by atoms with Crippen LogP contribution in [0.15, 0.2) is 42.5 Å². The van der Waals surface area contributed by atoms with E-state index in [2.05, 4.69) is 5.32 Å². The second-order valence-corrected chi connectivity index (χ2v) is 4.96. The molecule has 0 spiro atoms. The van der Waals surface area contributed by atoms with Gasteiger partial charge in [0.25, 0.3) is 5.91 Å². The van der Waals surface area contributed by atoms with Crippen molar-refractivity contribution in [1.29, 1.82) is 0 Å². The largest absolute Gasteiger partial charge is 0.508 e. The second-order valence-electron chi connectivity index (χ2n) is 4.96. The summed E-state index contributed by atoms with van der Waals surface area (Å²) in [5.74, 6) is -0.555. The third-order valence-electron chi connectivity index (χ3n) is 3.53. The number of amides is 1. The van der Waals surface area contributed by atoms with Crippen molar-refractivity contribution in [1.82, 2.24) is 0 Å². The molecule has 0 aromatic heterocycles. The van der Waals surface area contributed by atoms with Crippen LogP contribution in [0.1, 0.15) is 16.8 Å². The van der Waals surface area contributed by atoms with E-state index in [0.29, 0.717) is 6.54 Å². The highest BCUT2D eigenvalue weighted by Gasteiger charge is 2.24. The summed E-state index contributed by atoms with van der Waals surface area (Å²) in [6.45, 7) is 1.37. The lowest BCUT2D eigenvalue weighted by Gasteiger charge is -2.22. The molecule has 0 aliphatic carbocycles. The van der Waals surface area contributed by atoms with E-state index >= 15 is 0 Å². The fourth-order valence-corrected chi connectivity index (χ4v) is 2.50. The zero-order valence-corrected chi connectivity index (χ0v) is 11.4. The summed E-state index contributed by atoms with van der Waals surface area (Å²) in [5.41, 5.74) is 1.89. The first-order valence-corrected chi connectivity index (χ1v) is 6.83. The lowest BCUT2D eigenvalue weighted by Crippen LogP contribution is -2.31. The summed E-state index contributed by atoms with van der Waals surface area (Å²) in [4.78, 5) is 14.4. The minimum absolute atomic E-state index is 0.0676. The number of carbonyl (C=O) groups is 1. The molecule has 5 heteroatoms. The van der Waals surface area contributed by atoms with Crippen LogP contribution in [0.5, 0.6) is 11.5 Å².